The van der Waals surface area contributed by atoms with Gasteiger partial charge in [0.15, 0.2) is 0 Å². The highest BCUT2D eigenvalue weighted by Gasteiger charge is 2.23. The van der Waals surface area contributed by atoms with Crippen molar-refractivity contribution in [2.45, 2.75) is 25.1 Å². The molecule has 0 N–H and O–H groups in total. The Balaban J connectivity index is 2.06. The number of alkyl halides is 1. The van der Waals surface area contributed by atoms with Crippen molar-refractivity contribution in [1.29, 1.82) is 0 Å². The predicted molar refractivity (Wildman–Crippen MR) is 90.0 cm³/mol. The summed E-state index contributed by atoms with van der Waals surface area (Å²) < 4.78 is 6.95. The van der Waals surface area contributed by atoms with Crippen molar-refractivity contribution in [3.63, 3.8) is 0 Å². The number of rotatable bonds is 2. The number of benzene rings is 2. The molecule has 3 heteroatoms. The first kappa shape index (κ1) is 14.2. The van der Waals surface area contributed by atoms with E-state index >= 15 is 0 Å². The predicted octanol–water partition coefficient (Wildman–Crippen LogP) is 5.49. The molecule has 0 spiro atoms. The van der Waals surface area contributed by atoms with Crippen molar-refractivity contribution >= 4 is 31.9 Å². The van der Waals surface area contributed by atoms with Gasteiger partial charge in [0.25, 0.3) is 0 Å². The quantitative estimate of drug-likeness (QED) is 0.611. The van der Waals surface area contributed by atoms with Gasteiger partial charge in [0.1, 0.15) is 5.75 Å². The molecule has 0 aromatic heterocycles. The van der Waals surface area contributed by atoms with Gasteiger partial charge in [-0.15, -0.1) is 0 Å². The number of ether oxygens (including phenoxy) is 1. The molecule has 104 valence electrons. The second kappa shape index (κ2) is 5.53. The maximum atomic E-state index is 5.83. The summed E-state index contributed by atoms with van der Waals surface area (Å²) >= 11 is 7.45. The molecule has 0 saturated carbocycles. The topological polar surface area (TPSA) is 9.23 Å². The normalized spacial score (nSPS) is 14.8. The summed E-state index contributed by atoms with van der Waals surface area (Å²) in [5, 5.41) is 0. The minimum absolute atomic E-state index is 0.158. The van der Waals surface area contributed by atoms with Crippen LogP contribution in [0.3, 0.4) is 0 Å². The lowest BCUT2D eigenvalue weighted by Crippen LogP contribution is -1.98. The van der Waals surface area contributed by atoms with Gasteiger partial charge in [-0.05, 0) is 48.2 Å². The van der Waals surface area contributed by atoms with E-state index in [0.29, 0.717) is 0 Å². The van der Waals surface area contributed by atoms with Gasteiger partial charge in [0.2, 0.25) is 0 Å². The Morgan fingerprint density at radius 1 is 1.10 bits per heavy atom. The average molecular weight is 396 g/mol. The van der Waals surface area contributed by atoms with Gasteiger partial charge < -0.3 is 4.74 Å². The monoisotopic (exact) mass is 394 g/mol. The van der Waals surface area contributed by atoms with Gasteiger partial charge in [-0.3, -0.25) is 0 Å². The third-order valence-electron chi connectivity index (χ3n) is 3.87. The molecular formula is C17H16Br2O. The van der Waals surface area contributed by atoms with Gasteiger partial charge in [-0.2, -0.15) is 0 Å². The largest absolute Gasteiger partial charge is 0.493 e. The molecule has 1 aliphatic heterocycles. The van der Waals surface area contributed by atoms with Gasteiger partial charge in [0.05, 0.1) is 11.4 Å². The van der Waals surface area contributed by atoms with Crippen LogP contribution in [-0.2, 0) is 6.42 Å². The van der Waals surface area contributed by atoms with Crippen LogP contribution in [0.1, 0.15) is 32.6 Å². The molecule has 0 fully saturated rings. The van der Waals surface area contributed by atoms with Gasteiger partial charge in [-0.25, -0.2) is 0 Å². The van der Waals surface area contributed by atoms with E-state index in [0.717, 1.165) is 23.2 Å². The molecule has 1 aliphatic rings. The third-order valence-corrected chi connectivity index (χ3v) is 5.35. The molecule has 1 atom stereocenters. The van der Waals surface area contributed by atoms with Crippen molar-refractivity contribution in [3.05, 3.63) is 62.6 Å². The number of fused-ring (bicyclic) bond motifs is 1. The van der Waals surface area contributed by atoms with E-state index in [1.807, 2.05) is 0 Å². The van der Waals surface area contributed by atoms with E-state index in [2.05, 4.69) is 76.0 Å². The Kier molecular flexibility index (Phi) is 3.91. The number of halogens is 2. The first-order valence-electron chi connectivity index (χ1n) is 6.72. The van der Waals surface area contributed by atoms with Crippen LogP contribution in [0.4, 0.5) is 0 Å². The fourth-order valence-corrected chi connectivity index (χ4v) is 3.74. The lowest BCUT2D eigenvalue weighted by atomic mass is 9.98. The molecule has 2 aromatic rings. The maximum Gasteiger partial charge on any atom is 0.127 e. The first-order valence-corrected chi connectivity index (χ1v) is 8.43. The number of hydrogen-bond acceptors (Lipinski definition) is 1. The number of aryl methyl sites for hydroxylation is 2. The Morgan fingerprint density at radius 3 is 2.65 bits per heavy atom. The van der Waals surface area contributed by atoms with E-state index in [-0.39, 0.29) is 4.83 Å². The third kappa shape index (κ3) is 2.53. The van der Waals surface area contributed by atoms with E-state index in [1.54, 1.807) is 0 Å². The fourth-order valence-electron chi connectivity index (χ4n) is 2.59. The molecule has 0 amide bonds. The van der Waals surface area contributed by atoms with Crippen molar-refractivity contribution in [2.75, 3.05) is 6.61 Å². The summed E-state index contributed by atoms with van der Waals surface area (Å²) in [5.74, 6) is 1.05. The van der Waals surface area contributed by atoms with Crippen LogP contribution < -0.4 is 4.74 Å². The summed E-state index contributed by atoms with van der Waals surface area (Å²) in [6.45, 7) is 5.08. The Labute approximate surface area is 136 Å². The van der Waals surface area contributed by atoms with Crippen LogP contribution in [0.5, 0.6) is 5.75 Å². The standard InChI is InChI=1S/C17H16Br2O/c1-10-3-4-12(7-11(10)2)16(19)15-9-14(18)8-13-5-6-20-17(13)15/h3-4,7-9,16H,5-6H2,1-2H3. The number of hydrogen-bond donors (Lipinski definition) is 0. The van der Waals surface area contributed by atoms with E-state index in [4.69, 9.17) is 4.74 Å². The highest BCUT2D eigenvalue weighted by Crippen LogP contribution is 2.42. The Morgan fingerprint density at radius 2 is 1.90 bits per heavy atom. The van der Waals surface area contributed by atoms with Crippen LogP contribution in [0, 0.1) is 13.8 Å². The summed E-state index contributed by atoms with van der Waals surface area (Å²) in [5.41, 5.74) is 6.41. The van der Waals surface area contributed by atoms with Crippen molar-refractivity contribution in [3.8, 4) is 5.75 Å². The van der Waals surface area contributed by atoms with E-state index < -0.39 is 0 Å². The lowest BCUT2D eigenvalue weighted by Gasteiger charge is -2.16. The molecule has 1 heterocycles. The van der Waals surface area contributed by atoms with Crippen LogP contribution in [0.15, 0.2) is 34.8 Å². The second-order valence-corrected chi connectivity index (χ2v) is 7.12. The SMILES string of the molecule is Cc1ccc(C(Br)c2cc(Br)cc3c2OCC3)cc1C. The van der Waals surface area contributed by atoms with Crippen LogP contribution in [-0.4, -0.2) is 6.61 Å². The molecule has 1 nitrogen and oxygen atoms in total. The lowest BCUT2D eigenvalue weighted by molar-refractivity contribution is 0.354. The van der Waals surface area contributed by atoms with Gasteiger partial charge >= 0.3 is 0 Å². The van der Waals surface area contributed by atoms with Crippen LogP contribution >= 0.6 is 31.9 Å². The molecular weight excluding hydrogens is 380 g/mol. The van der Waals surface area contributed by atoms with Gasteiger partial charge in [0, 0.05) is 16.5 Å². The van der Waals surface area contributed by atoms with Crippen LogP contribution in [0.25, 0.3) is 0 Å². The molecule has 2 aromatic carbocycles. The zero-order chi connectivity index (χ0) is 14.3. The zero-order valence-corrected chi connectivity index (χ0v) is 14.7. The molecule has 0 bridgehead atoms. The minimum Gasteiger partial charge on any atom is -0.493 e. The van der Waals surface area contributed by atoms with Crippen molar-refractivity contribution in [1.82, 2.24) is 0 Å². The Bertz CT molecular complexity index is 664. The van der Waals surface area contributed by atoms with E-state index in [1.165, 1.54) is 27.8 Å². The zero-order valence-electron chi connectivity index (χ0n) is 11.5. The van der Waals surface area contributed by atoms with Crippen LogP contribution in [0.2, 0.25) is 0 Å². The molecule has 1 unspecified atom stereocenters. The first-order chi connectivity index (χ1) is 9.56. The van der Waals surface area contributed by atoms with Gasteiger partial charge in [-0.1, -0.05) is 50.1 Å². The van der Waals surface area contributed by atoms with Crippen molar-refractivity contribution < 1.29 is 4.74 Å². The molecule has 20 heavy (non-hydrogen) atoms. The highest BCUT2D eigenvalue weighted by atomic mass is 79.9. The average Bonchev–Trinajstić information content (AvgIpc) is 2.88. The fraction of sp³-hybridized carbons (Fsp3) is 0.294. The molecule has 0 saturated heterocycles. The Hall–Kier alpha value is -0.800. The second-order valence-electron chi connectivity index (χ2n) is 5.29. The molecule has 3 rings (SSSR count). The smallest absolute Gasteiger partial charge is 0.127 e. The summed E-state index contributed by atoms with van der Waals surface area (Å²) in [6.07, 6.45) is 0.994. The highest BCUT2D eigenvalue weighted by molar-refractivity contribution is 9.10. The van der Waals surface area contributed by atoms with Crippen molar-refractivity contribution in [2.24, 2.45) is 0 Å². The maximum absolute atomic E-state index is 5.83. The minimum atomic E-state index is 0.158. The summed E-state index contributed by atoms with van der Waals surface area (Å²) in [7, 11) is 0. The van der Waals surface area contributed by atoms with E-state index in [9.17, 15) is 0 Å². The molecule has 0 radical (unpaired) electrons. The molecule has 0 aliphatic carbocycles. The summed E-state index contributed by atoms with van der Waals surface area (Å²) in [4.78, 5) is 0.158. The summed E-state index contributed by atoms with van der Waals surface area (Å²) in [6, 6.07) is 10.9.